The first-order valence-corrected chi connectivity index (χ1v) is 10.9. The molecule has 2 aromatic rings. The number of para-hydroxylation sites is 1. The highest BCUT2D eigenvalue weighted by molar-refractivity contribution is 5.99. The van der Waals surface area contributed by atoms with Gasteiger partial charge in [0, 0.05) is 25.6 Å². The Hall–Kier alpha value is -3.42. The maximum atomic E-state index is 12.9. The van der Waals surface area contributed by atoms with Crippen molar-refractivity contribution in [3.8, 4) is 17.2 Å². The van der Waals surface area contributed by atoms with Crippen LogP contribution in [0.15, 0.2) is 42.6 Å². The summed E-state index contributed by atoms with van der Waals surface area (Å²) in [5, 5.41) is 0. The normalized spacial score (nSPS) is 13.4. The van der Waals surface area contributed by atoms with Gasteiger partial charge in [0.15, 0.2) is 17.2 Å². The van der Waals surface area contributed by atoms with Crippen molar-refractivity contribution in [2.24, 2.45) is 5.92 Å². The van der Waals surface area contributed by atoms with Gasteiger partial charge in [-0.1, -0.05) is 38.5 Å². The maximum Gasteiger partial charge on any atom is 0.309 e. The second-order valence-electron chi connectivity index (χ2n) is 7.71. The first-order valence-electron chi connectivity index (χ1n) is 10.9. The number of hydrogen-bond acceptors (Lipinski definition) is 8. The van der Waals surface area contributed by atoms with E-state index < -0.39 is 29.7 Å². The number of hydrogen-bond donors (Lipinski definition) is 0. The molecule has 1 aromatic carbocycles. The Balaban J connectivity index is 2.07. The molecule has 0 amide bonds. The largest absolute Gasteiger partial charge is 0.493 e. The van der Waals surface area contributed by atoms with Crippen molar-refractivity contribution in [1.82, 2.24) is 4.98 Å². The molecule has 0 aliphatic heterocycles. The molecule has 2 rings (SSSR count). The average molecular weight is 458 g/mol. The maximum absolute atomic E-state index is 12.9. The van der Waals surface area contributed by atoms with Gasteiger partial charge in [-0.15, -0.1) is 0 Å². The molecule has 178 valence electrons. The molecule has 33 heavy (non-hydrogen) atoms. The van der Waals surface area contributed by atoms with E-state index in [4.69, 9.17) is 18.9 Å². The molecule has 8 heteroatoms. The molecule has 0 saturated heterocycles. The highest BCUT2D eigenvalue weighted by atomic mass is 16.6. The number of rotatable bonds is 12. The number of esters is 2. The summed E-state index contributed by atoms with van der Waals surface area (Å²) in [6, 6.07) is 10.8. The highest BCUT2D eigenvalue weighted by Crippen LogP contribution is 2.31. The van der Waals surface area contributed by atoms with Crippen molar-refractivity contribution >= 4 is 17.7 Å². The molecule has 0 N–H and O–H groups in total. The molecule has 0 unspecified atom stereocenters. The second-order valence-corrected chi connectivity index (χ2v) is 7.71. The molecule has 0 spiro atoms. The van der Waals surface area contributed by atoms with Gasteiger partial charge >= 0.3 is 11.9 Å². The first kappa shape index (κ1) is 25.8. The zero-order valence-corrected chi connectivity index (χ0v) is 19.7. The van der Waals surface area contributed by atoms with E-state index in [1.54, 1.807) is 6.92 Å². The SMILES string of the molecule is CCC[C@@H](OC(=O)[C@H](C)CC(=O)c1nccc(OC)c1OC(C)=O)[C@@H](C)Oc1ccccc1. The Bertz CT molecular complexity index is 945. The number of aromatic nitrogens is 1. The zero-order chi connectivity index (χ0) is 24.4. The molecule has 1 heterocycles. The molecule has 0 aliphatic rings. The Morgan fingerprint density at radius 2 is 1.76 bits per heavy atom. The summed E-state index contributed by atoms with van der Waals surface area (Å²) in [5.41, 5.74) is -0.0740. The lowest BCUT2D eigenvalue weighted by molar-refractivity contribution is -0.158. The molecule has 0 saturated carbocycles. The predicted octanol–water partition coefficient (Wildman–Crippen LogP) is 4.40. The quantitative estimate of drug-likeness (QED) is 0.341. The minimum absolute atomic E-state index is 0.0631. The number of pyridine rings is 1. The summed E-state index contributed by atoms with van der Waals surface area (Å²) in [5.74, 6) is -1.50. The predicted molar refractivity (Wildman–Crippen MR) is 122 cm³/mol. The molecule has 0 aliphatic carbocycles. The number of carbonyl (C=O) groups is 3. The van der Waals surface area contributed by atoms with E-state index in [-0.39, 0.29) is 29.7 Å². The molecular weight excluding hydrogens is 426 g/mol. The molecule has 0 radical (unpaired) electrons. The van der Waals surface area contributed by atoms with Crippen LogP contribution >= 0.6 is 0 Å². The van der Waals surface area contributed by atoms with Gasteiger partial charge in [0.05, 0.1) is 13.0 Å². The number of carbonyl (C=O) groups excluding carboxylic acids is 3. The molecular formula is C25H31NO7. The molecule has 8 nitrogen and oxygen atoms in total. The lowest BCUT2D eigenvalue weighted by Gasteiger charge is -2.26. The van der Waals surface area contributed by atoms with Crippen LogP contribution in [-0.4, -0.2) is 42.0 Å². The van der Waals surface area contributed by atoms with Crippen LogP contribution in [0.1, 0.15) is 57.4 Å². The van der Waals surface area contributed by atoms with Crippen molar-refractivity contribution in [3.05, 3.63) is 48.3 Å². The lowest BCUT2D eigenvalue weighted by atomic mass is 10.0. The summed E-state index contributed by atoms with van der Waals surface area (Å²) in [6.45, 7) is 6.67. The van der Waals surface area contributed by atoms with Gasteiger partial charge in [-0.25, -0.2) is 4.98 Å². The number of Topliss-reactive ketones (excluding diaryl/α,β-unsaturated/α-hetero) is 1. The fraction of sp³-hybridized carbons (Fsp3) is 0.440. The number of ketones is 1. The van der Waals surface area contributed by atoms with Gasteiger partial charge in [0.2, 0.25) is 5.75 Å². The number of methoxy groups -OCH3 is 1. The van der Waals surface area contributed by atoms with E-state index in [1.165, 1.54) is 26.3 Å². The van der Waals surface area contributed by atoms with Crippen LogP contribution in [0.25, 0.3) is 0 Å². The van der Waals surface area contributed by atoms with Crippen molar-refractivity contribution in [3.63, 3.8) is 0 Å². The van der Waals surface area contributed by atoms with Crippen LogP contribution in [0.2, 0.25) is 0 Å². The fourth-order valence-electron chi connectivity index (χ4n) is 3.22. The third-order valence-electron chi connectivity index (χ3n) is 4.92. The minimum atomic E-state index is -0.737. The van der Waals surface area contributed by atoms with Gasteiger partial charge in [-0.2, -0.15) is 0 Å². The van der Waals surface area contributed by atoms with E-state index in [1.807, 2.05) is 44.2 Å². The second kappa shape index (κ2) is 12.6. The number of nitrogens with zero attached hydrogens (tertiary/aromatic N) is 1. The van der Waals surface area contributed by atoms with Crippen molar-refractivity contribution in [1.29, 1.82) is 0 Å². The van der Waals surface area contributed by atoms with Crippen molar-refractivity contribution in [2.75, 3.05) is 7.11 Å². The van der Waals surface area contributed by atoms with E-state index in [2.05, 4.69) is 4.98 Å². The average Bonchev–Trinajstić information content (AvgIpc) is 2.78. The van der Waals surface area contributed by atoms with E-state index >= 15 is 0 Å². The van der Waals surface area contributed by atoms with Crippen molar-refractivity contribution in [2.45, 2.75) is 59.2 Å². The standard InChI is InChI=1S/C25H31NO7/c1-6-10-21(17(3)31-19-11-8-7-9-12-19)33-25(29)16(2)15-20(28)23-24(32-18(4)27)22(30-5)13-14-26-23/h7-9,11-14,16-17,21H,6,10,15H2,1-5H3/t16-,17-,21-/m1/s1. The molecule has 1 aromatic heterocycles. The Morgan fingerprint density at radius 3 is 2.36 bits per heavy atom. The Kier molecular flexibility index (Phi) is 9.84. The summed E-state index contributed by atoms with van der Waals surface area (Å²) in [7, 11) is 1.39. The first-order chi connectivity index (χ1) is 15.8. The zero-order valence-electron chi connectivity index (χ0n) is 19.7. The monoisotopic (exact) mass is 457 g/mol. The Morgan fingerprint density at radius 1 is 1.06 bits per heavy atom. The van der Waals surface area contributed by atoms with Gasteiger partial charge in [0.25, 0.3) is 0 Å². The summed E-state index contributed by atoms with van der Waals surface area (Å²) >= 11 is 0. The Labute approximate surface area is 194 Å². The van der Waals surface area contributed by atoms with Gasteiger partial charge < -0.3 is 18.9 Å². The minimum Gasteiger partial charge on any atom is -0.493 e. The van der Waals surface area contributed by atoms with Crippen LogP contribution < -0.4 is 14.2 Å². The van der Waals surface area contributed by atoms with Gasteiger partial charge in [0.1, 0.15) is 18.0 Å². The van der Waals surface area contributed by atoms with E-state index in [0.29, 0.717) is 12.2 Å². The number of ether oxygens (including phenoxy) is 4. The third kappa shape index (κ3) is 7.59. The summed E-state index contributed by atoms with van der Waals surface area (Å²) in [6.07, 6.45) is 1.80. The van der Waals surface area contributed by atoms with Crippen LogP contribution in [0, 0.1) is 5.92 Å². The van der Waals surface area contributed by atoms with Gasteiger partial charge in [-0.05, 0) is 25.5 Å². The lowest BCUT2D eigenvalue weighted by Crippen LogP contribution is -2.35. The third-order valence-corrected chi connectivity index (χ3v) is 4.92. The smallest absolute Gasteiger partial charge is 0.309 e. The topological polar surface area (TPSA) is 101 Å². The van der Waals surface area contributed by atoms with Crippen molar-refractivity contribution < 1.29 is 33.3 Å². The number of benzene rings is 1. The fourth-order valence-corrected chi connectivity index (χ4v) is 3.22. The van der Waals surface area contributed by atoms with E-state index in [9.17, 15) is 14.4 Å². The van der Waals surface area contributed by atoms with Crippen LogP contribution in [-0.2, 0) is 14.3 Å². The molecule has 3 atom stereocenters. The molecule has 0 fully saturated rings. The van der Waals surface area contributed by atoms with Crippen LogP contribution in [0.4, 0.5) is 0 Å². The van der Waals surface area contributed by atoms with Crippen LogP contribution in [0.3, 0.4) is 0 Å². The summed E-state index contributed by atoms with van der Waals surface area (Å²) < 4.78 is 21.9. The summed E-state index contributed by atoms with van der Waals surface area (Å²) in [4.78, 5) is 41.2. The van der Waals surface area contributed by atoms with Gasteiger partial charge in [-0.3, -0.25) is 14.4 Å². The van der Waals surface area contributed by atoms with E-state index in [0.717, 1.165) is 6.42 Å². The van der Waals surface area contributed by atoms with Crippen LogP contribution in [0.5, 0.6) is 17.2 Å². The molecule has 0 bridgehead atoms. The highest BCUT2D eigenvalue weighted by Gasteiger charge is 2.29.